The number of pyridine rings is 1. The summed E-state index contributed by atoms with van der Waals surface area (Å²) in [5.74, 6) is -4.08. The average molecular weight is 502 g/mol. The summed E-state index contributed by atoms with van der Waals surface area (Å²) in [6.45, 7) is 3.63. The Morgan fingerprint density at radius 1 is 1.03 bits per heavy atom. The molecule has 1 aliphatic rings. The average Bonchev–Trinajstić information content (AvgIpc) is 3.32. The van der Waals surface area contributed by atoms with Crippen molar-refractivity contribution in [3.63, 3.8) is 0 Å². The Morgan fingerprint density at radius 2 is 1.74 bits per heavy atom. The maximum atomic E-state index is 13.6. The van der Waals surface area contributed by atoms with Crippen molar-refractivity contribution >= 4 is 28.7 Å². The van der Waals surface area contributed by atoms with Crippen LogP contribution in [0, 0.1) is 24.4 Å². The summed E-state index contributed by atoms with van der Waals surface area (Å²) >= 11 is 6.29. The molecule has 1 aliphatic carbocycles. The number of carbonyl (C=O) groups excluding carboxylic acids is 1. The topological polar surface area (TPSA) is 48.4 Å². The van der Waals surface area contributed by atoms with Crippen molar-refractivity contribution in [3.8, 4) is 5.75 Å². The summed E-state index contributed by atoms with van der Waals surface area (Å²) in [5, 5.41) is 0.494. The molecule has 0 radical (unpaired) electrons. The van der Waals surface area contributed by atoms with Crippen molar-refractivity contribution < 1.29 is 27.4 Å². The van der Waals surface area contributed by atoms with E-state index in [9.17, 15) is 18.0 Å². The van der Waals surface area contributed by atoms with Crippen molar-refractivity contribution in [1.29, 1.82) is 0 Å². The molecule has 0 aliphatic heterocycles. The molecular weight excluding hydrogens is 479 g/mol. The Labute approximate surface area is 206 Å². The summed E-state index contributed by atoms with van der Waals surface area (Å²) in [6, 6.07) is 10.6. The number of nitrogens with zero attached hydrogens (tertiary/aromatic N) is 1. The highest BCUT2D eigenvalue weighted by molar-refractivity contribution is 6.30. The molecule has 0 atom stereocenters. The molecule has 4 nitrogen and oxygen atoms in total. The van der Waals surface area contributed by atoms with Crippen LogP contribution in [0.15, 0.2) is 42.5 Å². The molecule has 0 bridgehead atoms. The second-order valence-corrected chi connectivity index (χ2v) is 8.63. The highest BCUT2D eigenvalue weighted by Gasteiger charge is 2.23. The summed E-state index contributed by atoms with van der Waals surface area (Å²) in [7, 11) is 0. The van der Waals surface area contributed by atoms with Gasteiger partial charge in [-0.05, 0) is 91.8 Å². The first-order valence-corrected chi connectivity index (χ1v) is 11.6. The number of ether oxygens (including phenoxy) is 2. The minimum atomic E-state index is -1.52. The van der Waals surface area contributed by atoms with Crippen molar-refractivity contribution in [2.45, 2.75) is 39.7 Å². The lowest BCUT2D eigenvalue weighted by atomic mass is 9.98. The molecule has 0 spiro atoms. The zero-order valence-corrected chi connectivity index (χ0v) is 20.0. The van der Waals surface area contributed by atoms with E-state index in [4.69, 9.17) is 21.1 Å². The molecular formula is C27H23ClF3NO3. The molecule has 1 aromatic heterocycles. The Kier molecular flexibility index (Phi) is 7.45. The van der Waals surface area contributed by atoms with E-state index in [1.165, 1.54) is 0 Å². The number of aromatic nitrogens is 1. The van der Waals surface area contributed by atoms with Crippen molar-refractivity contribution in [2.24, 2.45) is 0 Å². The molecule has 0 saturated carbocycles. The maximum Gasteiger partial charge on any atom is 0.357 e. The van der Waals surface area contributed by atoms with Crippen LogP contribution in [0.25, 0.3) is 11.1 Å². The summed E-state index contributed by atoms with van der Waals surface area (Å²) in [4.78, 5) is 17.0. The SMILES string of the molecule is CCOC(=O)c1nc(C2=C(c3cc(Cl)ccc3OCc3cc(F)c(F)c(F)c3)CCC2)ccc1C. The Morgan fingerprint density at radius 3 is 2.46 bits per heavy atom. The van der Waals surface area contributed by atoms with E-state index in [-0.39, 0.29) is 24.5 Å². The number of hydrogen-bond donors (Lipinski definition) is 0. The second-order valence-electron chi connectivity index (χ2n) is 8.20. The van der Waals surface area contributed by atoms with Gasteiger partial charge in [-0.3, -0.25) is 0 Å². The third kappa shape index (κ3) is 5.35. The third-order valence-electron chi connectivity index (χ3n) is 5.80. The Bertz CT molecular complexity index is 1300. The maximum absolute atomic E-state index is 13.6. The number of esters is 1. The lowest BCUT2D eigenvalue weighted by molar-refractivity contribution is 0.0518. The van der Waals surface area contributed by atoms with E-state index in [1.54, 1.807) is 32.0 Å². The van der Waals surface area contributed by atoms with Crippen molar-refractivity contribution in [2.75, 3.05) is 6.61 Å². The predicted molar refractivity (Wildman–Crippen MR) is 128 cm³/mol. The van der Waals surface area contributed by atoms with Gasteiger partial charge in [0, 0.05) is 10.6 Å². The van der Waals surface area contributed by atoms with Crippen LogP contribution in [0.5, 0.6) is 5.75 Å². The lowest BCUT2D eigenvalue weighted by Crippen LogP contribution is -2.10. The molecule has 182 valence electrons. The van der Waals surface area contributed by atoms with Gasteiger partial charge in [0.1, 0.15) is 12.4 Å². The van der Waals surface area contributed by atoms with Crippen LogP contribution in [-0.4, -0.2) is 17.6 Å². The number of benzene rings is 2. The van der Waals surface area contributed by atoms with Gasteiger partial charge in [0.2, 0.25) is 0 Å². The number of aryl methyl sites for hydroxylation is 1. The van der Waals surface area contributed by atoms with Gasteiger partial charge in [-0.15, -0.1) is 0 Å². The first kappa shape index (κ1) is 24.8. The van der Waals surface area contributed by atoms with E-state index in [0.717, 1.165) is 53.7 Å². The zero-order chi connectivity index (χ0) is 25.1. The fraction of sp³-hybridized carbons (Fsp3) is 0.259. The fourth-order valence-corrected chi connectivity index (χ4v) is 4.31. The highest BCUT2D eigenvalue weighted by Crippen LogP contribution is 2.43. The number of carbonyl (C=O) groups is 1. The zero-order valence-electron chi connectivity index (χ0n) is 19.3. The molecule has 8 heteroatoms. The molecule has 0 amide bonds. The Hall–Kier alpha value is -3.32. The van der Waals surface area contributed by atoms with Gasteiger partial charge < -0.3 is 9.47 Å². The van der Waals surface area contributed by atoms with Crippen LogP contribution >= 0.6 is 11.6 Å². The predicted octanol–water partition coefficient (Wildman–Crippen LogP) is 7.31. The van der Waals surface area contributed by atoms with Gasteiger partial charge in [0.05, 0.1) is 12.3 Å². The normalized spacial score (nSPS) is 13.3. The Balaban J connectivity index is 1.71. The standard InChI is InChI=1S/C27H23ClF3NO3/c1-3-34-27(33)26-15(2)7-9-23(32-26)19-6-4-5-18(19)20-13-17(28)8-10-24(20)35-14-16-11-21(29)25(31)22(30)12-16/h7-13H,3-6,14H2,1-2H3. The minimum Gasteiger partial charge on any atom is -0.488 e. The molecule has 2 aromatic carbocycles. The van der Waals surface area contributed by atoms with Gasteiger partial charge in [0.25, 0.3) is 0 Å². The van der Waals surface area contributed by atoms with Crippen molar-refractivity contribution in [3.05, 3.63) is 93.0 Å². The van der Waals surface area contributed by atoms with Gasteiger partial charge in [0.15, 0.2) is 23.1 Å². The molecule has 0 saturated heterocycles. The van der Waals surface area contributed by atoms with E-state index in [0.29, 0.717) is 16.5 Å². The third-order valence-corrected chi connectivity index (χ3v) is 6.03. The van der Waals surface area contributed by atoms with Crippen LogP contribution in [-0.2, 0) is 11.3 Å². The van der Waals surface area contributed by atoms with Gasteiger partial charge in [-0.2, -0.15) is 0 Å². The summed E-state index contributed by atoms with van der Waals surface area (Å²) in [5.41, 5.74) is 4.46. The quantitative estimate of drug-likeness (QED) is 0.251. The number of rotatable bonds is 7. The number of hydrogen-bond acceptors (Lipinski definition) is 4. The van der Waals surface area contributed by atoms with Gasteiger partial charge in [-0.1, -0.05) is 17.7 Å². The molecule has 35 heavy (non-hydrogen) atoms. The van der Waals surface area contributed by atoms with E-state index in [2.05, 4.69) is 4.98 Å². The van der Waals surface area contributed by atoms with Gasteiger partial charge in [-0.25, -0.2) is 22.9 Å². The first-order valence-electron chi connectivity index (χ1n) is 11.2. The first-order chi connectivity index (χ1) is 16.8. The van der Waals surface area contributed by atoms with E-state index in [1.807, 2.05) is 12.1 Å². The smallest absolute Gasteiger partial charge is 0.357 e. The van der Waals surface area contributed by atoms with Crippen LogP contribution in [0.2, 0.25) is 5.02 Å². The minimum absolute atomic E-state index is 0.155. The number of allylic oxidation sites excluding steroid dienone is 2. The van der Waals surface area contributed by atoms with Crippen LogP contribution in [0.4, 0.5) is 13.2 Å². The van der Waals surface area contributed by atoms with Crippen LogP contribution in [0.3, 0.4) is 0 Å². The molecule has 3 aromatic rings. The molecule has 0 fully saturated rings. The lowest BCUT2D eigenvalue weighted by Gasteiger charge is -2.16. The fourth-order valence-electron chi connectivity index (χ4n) is 4.14. The molecule has 4 rings (SSSR count). The largest absolute Gasteiger partial charge is 0.488 e. The summed E-state index contributed by atoms with van der Waals surface area (Å²) in [6.07, 6.45) is 2.35. The number of halogens is 4. The molecule has 0 unspecified atom stereocenters. The molecule has 0 N–H and O–H groups in total. The van der Waals surface area contributed by atoms with Crippen molar-refractivity contribution in [1.82, 2.24) is 4.98 Å². The highest BCUT2D eigenvalue weighted by atomic mass is 35.5. The monoisotopic (exact) mass is 501 g/mol. The van der Waals surface area contributed by atoms with E-state index >= 15 is 0 Å². The molecule has 1 heterocycles. The van der Waals surface area contributed by atoms with E-state index < -0.39 is 23.4 Å². The second kappa shape index (κ2) is 10.5. The van der Waals surface area contributed by atoms with Crippen LogP contribution in [0.1, 0.15) is 59.1 Å². The summed E-state index contributed by atoms with van der Waals surface area (Å²) < 4.78 is 51.6. The van der Waals surface area contributed by atoms with Gasteiger partial charge >= 0.3 is 5.97 Å². The van der Waals surface area contributed by atoms with Crippen LogP contribution < -0.4 is 4.74 Å².